The molecule has 30 heavy (non-hydrogen) atoms. The number of hydrogen-bond donors (Lipinski definition) is 0. The smallest absolute Gasteiger partial charge is 0.222 e. The lowest BCUT2D eigenvalue weighted by molar-refractivity contribution is -0.133. The monoisotopic (exact) mass is 428 g/mol. The Morgan fingerprint density at radius 2 is 2.10 bits per heavy atom. The normalized spacial score (nSPS) is 16.5. The van der Waals surface area contributed by atoms with Gasteiger partial charge in [0.1, 0.15) is 0 Å². The summed E-state index contributed by atoms with van der Waals surface area (Å²) >= 11 is 1.63. The van der Waals surface area contributed by atoms with Gasteiger partial charge in [-0.15, -0.1) is 11.3 Å². The molecule has 2 amide bonds. The first-order valence-corrected chi connectivity index (χ1v) is 11.7. The maximum Gasteiger partial charge on any atom is 0.222 e. The highest BCUT2D eigenvalue weighted by atomic mass is 32.1. The maximum absolute atomic E-state index is 12.6. The molecule has 3 rings (SSSR count). The van der Waals surface area contributed by atoms with Crippen molar-refractivity contribution in [2.45, 2.75) is 51.9 Å². The fraction of sp³-hybridized carbons (Fsp3) is 0.565. The van der Waals surface area contributed by atoms with Crippen molar-refractivity contribution in [2.24, 2.45) is 5.92 Å². The van der Waals surface area contributed by atoms with Crippen LogP contribution in [0.3, 0.4) is 0 Å². The van der Waals surface area contributed by atoms with Crippen LogP contribution in [0.5, 0.6) is 0 Å². The Labute approximate surface area is 183 Å². The number of pyridine rings is 1. The van der Waals surface area contributed by atoms with Crippen LogP contribution < -0.4 is 0 Å². The van der Waals surface area contributed by atoms with E-state index in [1.165, 1.54) is 4.88 Å². The molecule has 7 heteroatoms. The van der Waals surface area contributed by atoms with Crippen LogP contribution >= 0.6 is 11.3 Å². The molecule has 0 aromatic carbocycles. The van der Waals surface area contributed by atoms with Gasteiger partial charge in [-0.05, 0) is 50.7 Å². The number of hydrogen-bond acceptors (Lipinski definition) is 5. The summed E-state index contributed by atoms with van der Waals surface area (Å²) in [6.07, 6.45) is 7.40. The third kappa shape index (κ3) is 6.62. The van der Waals surface area contributed by atoms with Gasteiger partial charge in [-0.2, -0.15) is 0 Å². The standard InChI is InChI=1S/C23H32N4O2S/c1-18-21(30-17-25-18)9-11-23(29)27-14-5-6-19(16-27)8-10-22(28)26(2)15-12-20-7-3-4-13-24-20/h3-4,7,13,17,19H,5-6,8-12,14-16H2,1-2H3/t19-/m1/s1. The average Bonchev–Trinajstić information content (AvgIpc) is 3.19. The lowest BCUT2D eigenvalue weighted by Crippen LogP contribution is -2.40. The van der Waals surface area contributed by atoms with E-state index in [4.69, 9.17) is 0 Å². The summed E-state index contributed by atoms with van der Waals surface area (Å²) in [5, 5.41) is 0. The summed E-state index contributed by atoms with van der Waals surface area (Å²) in [7, 11) is 1.86. The summed E-state index contributed by atoms with van der Waals surface area (Å²) in [6.45, 7) is 4.31. The van der Waals surface area contributed by atoms with Crippen molar-refractivity contribution in [1.82, 2.24) is 19.8 Å². The highest BCUT2D eigenvalue weighted by Gasteiger charge is 2.24. The van der Waals surface area contributed by atoms with E-state index in [-0.39, 0.29) is 11.8 Å². The molecule has 2 aromatic heterocycles. The number of thiazole rings is 1. The van der Waals surface area contributed by atoms with Crippen molar-refractivity contribution in [3.63, 3.8) is 0 Å². The largest absolute Gasteiger partial charge is 0.345 e. The van der Waals surface area contributed by atoms with Crippen molar-refractivity contribution in [2.75, 3.05) is 26.7 Å². The number of likely N-dealkylation sites (N-methyl/N-ethyl adjacent to an activating group) is 1. The number of rotatable bonds is 9. The third-order valence-electron chi connectivity index (χ3n) is 5.90. The average molecular weight is 429 g/mol. The fourth-order valence-corrected chi connectivity index (χ4v) is 4.72. The minimum Gasteiger partial charge on any atom is -0.345 e. The number of nitrogens with zero attached hydrogens (tertiary/aromatic N) is 4. The molecular weight excluding hydrogens is 396 g/mol. The summed E-state index contributed by atoms with van der Waals surface area (Å²) < 4.78 is 0. The van der Waals surface area contributed by atoms with Crippen LogP contribution in [0.4, 0.5) is 0 Å². The molecule has 6 nitrogen and oxygen atoms in total. The van der Waals surface area contributed by atoms with Gasteiger partial charge in [0.15, 0.2) is 0 Å². The summed E-state index contributed by atoms with van der Waals surface area (Å²) in [6, 6.07) is 5.86. The Kier molecular flexibility index (Phi) is 8.37. The number of carbonyl (C=O) groups excluding carboxylic acids is 2. The molecule has 0 N–H and O–H groups in total. The van der Waals surface area contributed by atoms with Gasteiger partial charge < -0.3 is 9.80 Å². The Morgan fingerprint density at radius 1 is 1.23 bits per heavy atom. The predicted molar refractivity (Wildman–Crippen MR) is 119 cm³/mol. The van der Waals surface area contributed by atoms with Crippen LogP contribution in [0, 0.1) is 12.8 Å². The Morgan fingerprint density at radius 3 is 2.83 bits per heavy atom. The van der Waals surface area contributed by atoms with Crippen LogP contribution in [-0.2, 0) is 22.4 Å². The number of aryl methyl sites for hydroxylation is 2. The minimum atomic E-state index is 0.176. The van der Waals surface area contributed by atoms with Gasteiger partial charge >= 0.3 is 0 Å². The lowest BCUT2D eigenvalue weighted by atomic mass is 9.93. The van der Waals surface area contributed by atoms with Gasteiger partial charge in [0.05, 0.1) is 11.2 Å². The molecule has 1 fully saturated rings. The molecule has 3 heterocycles. The first-order valence-electron chi connectivity index (χ1n) is 10.8. The van der Waals surface area contributed by atoms with Crippen molar-refractivity contribution in [1.29, 1.82) is 0 Å². The molecule has 0 radical (unpaired) electrons. The second kappa shape index (κ2) is 11.2. The Hall–Kier alpha value is -2.28. The molecule has 0 unspecified atom stereocenters. The van der Waals surface area contributed by atoms with E-state index < -0.39 is 0 Å². The molecule has 162 valence electrons. The SMILES string of the molecule is Cc1ncsc1CCC(=O)N1CCC[C@H](CCC(=O)N(C)CCc2ccccn2)C1. The number of piperidine rings is 1. The van der Waals surface area contributed by atoms with E-state index in [0.717, 1.165) is 56.6 Å². The summed E-state index contributed by atoms with van der Waals surface area (Å²) in [5.41, 5.74) is 3.89. The van der Waals surface area contributed by atoms with E-state index >= 15 is 0 Å². The molecule has 0 spiro atoms. The Bertz CT molecular complexity index is 824. The molecular formula is C23H32N4O2S. The zero-order chi connectivity index (χ0) is 21.3. The molecule has 1 atom stereocenters. The van der Waals surface area contributed by atoms with Crippen molar-refractivity contribution in [3.05, 3.63) is 46.2 Å². The van der Waals surface area contributed by atoms with Gasteiger partial charge in [0.25, 0.3) is 0 Å². The van der Waals surface area contributed by atoms with Crippen LogP contribution in [0.25, 0.3) is 0 Å². The van der Waals surface area contributed by atoms with Crippen molar-refractivity contribution >= 4 is 23.2 Å². The number of carbonyl (C=O) groups is 2. The molecule has 0 saturated carbocycles. The maximum atomic E-state index is 12.6. The molecule has 1 aliphatic heterocycles. The van der Waals surface area contributed by atoms with E-state index in [2.05, 4.69) is 9.97 Å². The van der Waals surface area contributed by atoms with E-state index in [9.17, 15) is 9.59 Å². The third-order valence-corrected chi connectivity index (χ3v) is 6.90. The van der Waals surface area contributed by atoms with Gasteiger partial charge in [0.2, 0.25) is 11.8 Å². The topological polar surface area (TPSA) is 66.4 Å². The van der Waals surface area contributed by atoms with Crippen molar-refractivity contribution in [3.8, 4) is 0 Å². The number of amides is 2. The van der Waals surface area contributed by atoms with E-state index in [0.29, 0.717) is 25.3 Å². The number of aromatic nitrogens is 2. The summed E-state index contributed by atoms with van der Waals surface area (Å²) in [4.78, 5) is 38.7. The first-order chi connectivity index (χ1) is 14.5. The van der Waals surface area contributed by atoms with E-state index in [1.54, 1.807) is 22.4 Å². The zero-order valence-corrected chi connectivity index (χ0v) is 18.9. The highest BCUT2D eigenvalue weighted by Crippen LogP contribution is 2.23. The van der Waals surface area contributed by atoms with Crippen LogP contribution in [0.2, 0.25) is 0 Å². The second-order valence-electron chi connectivity index (χ2n) is 8.13. The first kappa shape index (κ1) is 22.4. The summed E-state index contributed by atoms with van der Waals surface area (Å²) in [5.74, 6) is 0.822. The quantitative estimate of drug-likeness (QED) is 0.613. The van der Waals surface area contributed by atoms with Crippen LogP contribution in [0.1, 0.15) is 48.4 Å². The predicted octanol–water partition coefficient (Wildman–Crippen LogP) is 3.50. The zero-order valence-electron chi connectivity index (χ0n) is 18.0. The molecule has 0 aliphatic carbocycles. The molecule has 2 aromatic rings. The fourth-order valence-electron chi connectivity index (χ4n) is 3.94. The van der Waals surface area contributed by atoms with Gasteiger partial charge in [-0.25, -0.2) is 4.98 Å². The minimum absolute atomic E-state index is 0.176. The van der Waals surface area contributed by atoms with E-state index in [1.807, 2.05) is 42.6 Å². The molecule has 0 bridgehead atoms. The number of likely N-dealkylation sites (tertiary alicyclic amines) is 1. The van der Waals surface area contributed by atoms with Gasteiger partial charge in [-0.3, -0.25) is 14.6 Å². The van der Waals surface area contributed by atoms with Gasteiger partial charge in [0, 0.05) is 62.7 Å². The lowest BCUT2D eigenvalue weighted by Gasteiger charge is -2.33. The van der Waals surface area contributed by atoms with Crippen LogP contribution in [-0.4, -0.2) is 58.3 Å². The Balaban J connectivity index is 1.38. The van der Waals surface area contributed by atoms with Gasteiger partial charge in [-0.1, -0.05) is 6.07 Å². The molecule has 1 aliphatic rings. The second-order valence-corrected chi connectivity index (χ2v) is 9.07. The molecule has 1 saturated heterocycles. The van der Waals surface area contributed by atoms with Crippen LogP contribution in [0.15, 0.2) is 29.9 Å². The highest BCUT2D eigenvalue weighted by molar-refractivity contribution is 7.09. The van der Waals surface area contributed by atoms with Crippen molar-refractivity contribution < 1.29 is 9.59 Å².